The molecule has 1 atom stereocenters. The molecular weight excluding hydrogens is 726 g/mol. The number of piperidine rings is 1. The summed E-state index contributed by atoms with van der Waals surface area (Å²) in [5.41, 5.74) is 2.99. The van der Waals surface area contributed by atoms with Gasteiger partial charge in [-0.3, -0.25) is 4.98 Å². The molecule has 1 aromatic heterocycles. The van der Waals surface area contributed by atoms with Crippen LogP contribution in [-0.2, 0) is 16.0 Å². The van der Waals surface area contributed by atoms with E-state index in [1.54, 1.807) is 31.5 Å². The molecule has 0 spiro atoms. The molecule has 12 heteroatoms. The Morgan fingerprint density at radius 2 is 1.87 bits per heavy atom. The van der Waals surface area contributed by atoms with Gasteiger partial charge in [0.05, 0.1) is 19.2 Å². The van der Waals surface area contributed by atoms with Crippen LogP contribution < -0.4 is 51.4 Å². The van der Waals surface area contributed by atoms with Gasteiger partial charge in [-0.05, 0) is 44.0 Å². The Morgan fingerprint density at radius 1 is 1.04 bits per heavy atom. The average molecular weight is 760 g/mol. The Bertz CT molecular complexity index is 1750. The molecule has 4 aromatic rings. The first kappa shape index (κ1) is 32.3. The van der Waals surface area contributed by atoms with Gasteiger partial charge >= 0.3 is 150 Å². The molecule has 3 aromatic carbocycles. The summed E-state index contributed by atoms with van der Waals surface area (Å²) >= 11 is 6.61. The summed E-state index contributed by atoms with van der Waals surface area (Å²) < 4.78 is 34.7. The number of hydrogen-bond donors (Lipinski definition) is 3. The van der Waals surface area contributed by atoms with Gasteiger partial charge in [0.2, 0.25) is 0 Å². The van der Waals surface area contributed by atoms with Crippen molar-refractivity contribution in [3.05, 3.63) is 82.8 Å². The molecule has 0 bridgehead atoms. The van der Waals surface area contributed by atoms with Crippen LogP contribution in [0.25, 0.3) is 10.9 Å². The smallest absolute Gasteiger partial charge is 0.489 e. The van der Waals surface area contributed by atoms with E-state index >= 15 is 4.39 Å². The van der Waals surface area contributed by atoms with Gasteiger partial charge < -0.3 is 19.5 Å². The minimum atomic E-state index is -0.897. The van der Waals surface area contributed by atoms with E-state index in [-0.39, 0.29) is 39.2 Å². The molecule has 2 aliphatic heterocycles. The monoisotopic (exact) mass is 759 g/mol. The number of anilines is 1. The number of alkyl halides is 2. The third kappa shape index (κ3) is 7.81. The fourth-order valence-corrected chi connectivity index (χ4v) is 7.50. The van der Waals surface area contributed by atoms with Gasteiger partial charge in [0.1, 0.15) is 5.75 Å². The van der Waals surface area contributed by atoms with Gasteiger partial charge in [0, 0.05) is 17.6 Å². The topological polar surface area (TPSA) is 111 Å². The third-order valence-electron chi connectivity index (χ3n) is 8.00. The predicted molar refractivity (Wildman–Crippen MR) is 170 cm³/mol. The molecule has 242 valence electrons. The number of nitrogens with one attached hydrogen (secondary N) is 3. The van der Waals surface area contributed by atoms with E-state index in [1.807, 2.05) is 12.1 Å². The van der Waals surface area contributed by atoms with Crippen molar-refractivity contribution in [2.75, 3.05) is 43.1 Å². The minimum Gasteiger partial charge on any atom is -0.489 e. The molecular formula is C34H34ClFIN4O5-. The van der Waals surface area contributed by atoms with Crippen molar-refractivity contribution in [2.45, 2.75) is 23.2 Å². The van der Waals surface area contributed by atoms with Gasteiger partial charge in [0.25, 0.3) is 0 Å². The molecule has 0 radical (unpaired) electrons. The SMILES string of the molecule is COc1cc2c(Oc3ccc(NC(=O)C(=O)NCCc4c(Cl)cccc4C4C[I-]4)cc3F)ccnc2cc1OCC1CCNCC1. The first-order chi connectivity index (χ1) is 22.4. The minimum absolute atomic E-state index is 0.0613. The second-order valence-electron chi connectivity index (χ2n) is 11.1. The maximum absolute atomic E-state index is 15.2. The van der Waals surface area contributed by atoms with E-state index in [4.69, 9.17) is 25.8 Å². The quantitative estimate of drug-likeness (QED) is 0.123. The van der Waals surface area contributed by atoms with E-state index < -0.39 is 17.6 Å². The van der Waals surface area contributed by atoms with Crippen molar-refractivity contribution in [1.29, 1.82) is 0 Å². The van der Waals surface area contributed by atoms with Gasteiger partial charge in [-0.15, -0.1) is 0 Å². The summed E-state index contributed by atoms with van der Waals surface area (Å²) in [6, 6.07) is 15.0. The summed E-state index contributed by atoms with van der Waals surface area (Å²) in [5.74, 6) is -0.548. The summed E-state index contributed by atoms with van der Waals surface area (Å²) in [4.78, 5) is 29.5. The normalized spacial score (nSPS) is 16.3. The Labute approximate surface area is 281 Å². The number of pyridine rings is 1. The fourth-order valence-electron chi connectivity index (χ4n) is 5.44. The molecule has 3 N–H and O–H groups in total. The van der Waals surface area contributed by atoms with E-state index in [0.717, 1.165) is 37.6 Å². The molecule has 9 nitrogen and oxygen atoms in total. The number of carbonyl (C=O) groups excluding carboxylic acids is 2. The molecule has 2 fully saturated rings. The number of carbonyl (C=O) groups is 2. The molecule has 3 heterocycles. The summed E-state index contributed by atoms with van der Waals surface area (Å²) in [7, 11) is 1.56. The molecule has 6 rings (SSSR count). The molecule has 1 unspecified atom stereocenters. The number of methoxy groups -OCH3 is 1. The fraction of sp³-hybridized carbons (Fsp3) is 0.324. The zero-order chi connectivity index (χ0) is 32.0. The van der Waals surface area contributed by atoms with Crippen LogP contribution in [0.3, 0.4) is 0 Å². The van der Waals surface area contributed by atoms with Crippen molar-refractivity contribution in [3.63, 3.8) is 0 Å². The van der Waals surface area contributed by atoms with Crippen molar-refractivity contribution in [1.82, 2.24) is 15.6 Å². The summed E-state index contributed by atoms with van der Waals surface area (Å²) in [6.07, 6.45) is 4.21. The van der Waals surface area contributed by atoms with Crippen LogP contribution >= 0.6 is 11.6 Å². The standard InChI is InChI=1S/C34H34ClFIN4O5/c1-44-31-16-24-28(17-32(31)45-19-20-7-11-38-12-8-20)39-14-10-29(24)46-30-6-5-21(15-26(30)36)41-34(43)33(42)40-13-9-22-23(27-18-37-27)3-2-4-25(22)35/h2-6,10,14-17,20,27,38H,7-9,11-13,18-19H2,1H3,(H,40,42)(H,41,43)/q-1. The number of benzene rings is 3. The van der Waals surface area contributed by atoms with Crippen LogP contribution in [0.2, 0.25) is 5.02 Å². The molecule has 2 saturated heterocycles. The van der Waals surface area contributed by atoms with Crippen LogP contribution in [0.5, 0.6) is 23.0 Å². The molecule has 2 amide bonds. The van der Waals surface area contributed by atoms with Crippen molar-refractivity contribution >= 4 is 40.0 Å². The zero-order valence-electron chi connectivity index (χ0n) is 25.2. The Kier molecular flexibility index (Phi) is 10.4. The molecule has 0 aliphatic carbocycles. The zero-order valence-corrected chi connectivity index (χ0v) is 28.1. The predicted octanol–water partition coefficient (Wildman–Crippen LogP) is 2.65. The van der Waals surface area contributed by atoms with Crippen molar-refractivity contribution < 1.29 is 49.4 Å². The Morgan fingerprint density at radius 3 is 2.63 bits per heavy atom. The van der Waals surface area contributed by atoms with Crippen LogP contribution in [-0.4, -0.2) is 54.6 Å². The second-order valence-corrected chi connectivity index (χ2v) is 14.8. The van der Waals surface area contributed by atoms with Gasteiger partial charge in [-0.1, -0.05) is 0 Å². The Hall–Kier alpha value is -3.68. The van der Waals surface area contributed by atoms with E-state index in [0.29, 0.717) is 56.0 Å². The van der Waals surface area contributed by atoms with E-state index in [2.05, 4.69) is 27.0 Å². The summed E-state index contributed by atoms with van der Waals surface area (Å²) in [6.45, 7) is 2.81. The van der Waals surface area contributed by atoms with Crippen LogP contribution in [0.1, 0.15) is 27.9 Å². The van der Waals surface area contributed by atoms with E-state index in [1.165, 1.54) is 22.1 Å². The number of rotatable bonds is 11. The molecule has 0 saturated carbocycles. The summed E-state index contributed by atoms with van der Waals surface area (Å²) in [5, 5.41) is 9.72. The number of fused-ring (bicyclic) bond motifs is 1. The van der Waals surface area contributed by atoms with Crippen LogP contribution in [0, 0.1) is 11.7 Å². The number of nitrogens with zero attached hydrogens (tertiary/aromatic N) is 1. The maximum atomic E-state index is 15.2. The molecule has 2 aliphatic rings. The van der Waals surface area contributed by atoms with Crippen molar-refractivity contribution in [2.24, 2.45) is 5.92 Å². The number of ether oxygens (including phenoxy) is 3. The first-order valence-electron chi connectivity index (χ1n) is 15.1. The van der Waals surface area contributed by atoms with Gasteiger partial charge in [0.15, 0.2) is 17.2 Å². The van der Waals surface area contributed by atoms with Crippen LogP contribution in [0.4, 0.5) is 10.1 Å². The van der Waals surface area contributed by atoms with Crippen LogP contribution in [0.15, 0.2) is 60.8 Å². The average Bonchev–Trinajstić information content (AvgIpc) is 3.91. The number of aromatic nitrogens is 1. The second kappa shape index (κ2) is 14.8. The van der Waals surface area contributed by atoms with Gasteiger partial charge in [-0.2, -0.15) is 0 Å². The van der Waals surface area contributed by atoms with E-state index in [9.17, 15) is 9.59 Å². The number of halogens is 3. The van der Waals surface area contributed by atoms with Crippen molar-refractivity contribution in [3.8, 4) is 23.0 Å². The number of amides is 2. The first-order valence-corrected chi connectivity index (χ1v) is 18.3. The Balaban J connectivity index is 1.07. The van der Waals surface area contributed by atoms with Gasteiger partial charge in [-0.25, -0.2) is 4.39 Å². The third-order valence-corrected chi connectivity index (χ3v) is 10.8. The molecule has 46 heavy (non-hydrogen) atoms. The number of hydrogen-bond acceptors (Lipinski definition) is 7.